The van der Waals surface area contributed by atoms with Gasteiger partial charge in [-0.05, 0) is 67.0 Å². The predicted octanol–water partition coefficient (Wildman–Crippen LogP) is 5.11. The molecule has 8 heteroatoms. The third-order valence-electron chi connectivity index (χ3n) is 6.19. The van der Waals surface area contributed by atoms with E-state index in [1.54, 1.807) is 20.8 Å². The molecule has 3 aromatic rings. The number of carbonyl (C=O) groups excluding carboxylic acids is 1. The average Bonchev–Trinajstić information content (AvgIpc) is 3.28. The second kappa shape index (κ2) is 10.9. The van der Waals surface area contributed by atoms with E-state index < -0.39 is 40.4 Å². The molecule has 0 fully saturated rings. The summed E-state index contributed by atoms with van der Waals surface area (Å²) in [6, 6.07) is 18.7. The Labute approximate surface area is 220 Å². The first-order valence-corrected chi connectivity index (χ1v) is 13.6. The zero-order valence-corrected chi connectivity index (χ0v) is 22.0. The summed E-state index contributed by atoms with van der Waals surface area (Å²) in [5.41, 5.74) is 1.73. The molecule has 2 aromatic carbocycles. The Balaban J connectivity index is 1.59. The number of fused-ring (bicyclic) bond motifs is 1. The number of para-hydroxylation sites is 1. The Morgan fingerprint density at radius 2 is 1.84 bits per heavy atom. The minimum absolute atomic E-state index is 0.181. The van der Waals surface area contributed by atoms with Gasteiger partial charge in [-0.3, -0.25) is 0 Å². The average molecular weight is 521 g/mol. The number of hydrogen-bond donors (Lipinski definition) is 2. The molecule has 0 saturated carbocycles. The van der Waals surface area contributed by atoms with Crippen LogP contribution in [-0.4, -0.2) is 49.4 Å². The molecular weight excluding hydrogens is 488 g/mol. The normalized spacial score (nSPS) is 19.2. The number of carboxylic acid groups (broad SMARTS) is 1. The molecule has 1 aromatic heterocycles. The summed E-state index contributed by atoms with van der Waals surface area (Å²) in [6.45, 7) is 5.08. The molecule has 37 heavy (non-hydrogen) atoms. The zero-order chi connectivity index (χ0) is 26.6. The van der Waals surface area contributed by atoms with Crippen molar-refractivity contribution in [3.8, 4) is 0 Å². The van der Waals surface area contributed by atoms with E-state index in [9.17, 15) is 19.2 Å². The standard InChI is InChI=1S/C29H32N2O5S/c1-28(2,3)36-27(34)30-24(26(32)33)19-37(35)20-29(31-18-15-23-11-7-8-12-25(23)31)16-13-22(14-17-29)21-9-5-4-6-10-21/h4-16,18,24H,17,19-20H2,1-3H3,(H,30,34)(H,32,33)/t24-,29?,37?/m0/s1. The zero-order valence-electron chi connectivity index (χ0n) is 21.2. The summed E-state index contributed by atoms with van der Waals surface area (Å²) in [5.74, 6) is -1.32. The number of ether oxygens (including phenoxy) is 1. The third-order valence-corrected chi connectivity index (χ3v) is 7.71. The number of aromatic nitrogens is 1. The van der Waals surface area contributed by atoms with E-state index in [0.29, 0.717) is 6.42 Å². The maximum atomic E-state index is 13.5. The SMILES string of the molecule is CC(C)(C)OC(=O)N[C@@H](C[S+]([O-])CC1(n2ccc3ccccc32)C=CC(c2ccccc2)=CC1)C(=O)O. The largest absolute Gasteiger partial charge is 0.616 e. The van der Waals surface area contributed by atoms with Crippen LogP contribution in [0.1, 0.15) is 32.8 Å². The molecule has 2 N–H and O–H groups in total. The number of hydrogen-bond acceptors (Lipinski definition) is 4. The first-order chi connectivity index (χ1) is 17.6. The Morgan fingerprint density at radius 1 is 1.14 bits per heavy atom. The number of aliphatic carboxylic acids is 1. The molecule has 3 atom stereocenters. The van der Waals surface area contributed by atoms with E-state index in [4.69, 9.17) is 4.74 Å². The molecule has 0 spiro atoms. The van der Waals surface area contributed by atoms with E-state index in [1.807, 2.05) is 72.9 Å². The van der Waals surface area contributed by atoms with Gasteiger partial charge in [-0.2, -0.15) is 0 Å². The lowest BCUT2D eigenvalue weighted by atomic mass is 9.87. The molecule has 7 nitrogen and oxygen atoms in total. The minimum Gasteiger partial charge on any atom is -0.616 e. The van der Waals surface area contributed by atoms with Crippen LogP contribution in [0.2, 0.25) is 0 Å². The van der Waals surface area contributed by atoms with Crippen LogP contribution in [0.3, 0.4) is 0 Å². The van der Waals surface area contributed by atoms with Crippen LogP contribution in [0.15, 0.2) is 85.1 Å². The molecule has 0 saturated heterocycles. The van der Waals surface area contributed by atoms with Crippen LogP contribution in [0, 0.1) is 0 Å². The molecule has 0 aliphatic heterocycles. The lowest BCUT2D eigenvalue weighted by molar-refractivity contribution is -0.138. The third kappa shape index (κ3) is 6.45. The van der Waals surface area contributed by atoms with E-state index in [1.165, 1.54) is 0 Å². The molecule has 4 rings (SSSR count). The summed E-state index contributed by atoms with van der Waals surface area (Å²) in [4.78, 5) is 24.1. The van der Waals surface area contributed by atoms with Crippen LogP contribution in [0.4, 0.5) is 4.79 Å². The fraction of sp³-hybridized carbons (Fsp3) is 0.310. The molecule has 0 bridgehead atoms. The summed E-state index contributed by atoms with van der Waals surface area (Å²) >= 11 is -1.58. The highest BCUT2D eigenvalue weighted by Crippen LogP contribution is 2.36. The van der Waals surface area contributed by atoms with Crippen LogP contribution >= 0.6 is 0 Å². The van der Waals surface area contributed by atoms with E-state index >= 15 is 0 Å². The van der Waals surface area contributed by atoms with Crippen molar-refractivity contribution in [3.63, 3.8) is 0 Å². The van der Waals surface area contributed by atoms with Gasteiger partial charge in [0.15, 0.2) is 6.04 Å². The van der Waals surface area contributed by atoms with Gasteiger partial charge in [-0.25, -0.2) is 9.59 Å². The number of alkyl carbamates (subject to hydrolysis) is 1. The van der Waals surface area contributed by atoms with Crippen molar-refractivity contribution in [3.05, 3.63) is 90.7 Å². The fourth-order valence-electron chi connectivity index (χ4n) is 4.49. The highest BCUT2D eigenvalue weighted by molar-refractivity contribution is 7.91. The van der Waals surface area contributed by atoms with Crippen molar-refractivity contribution >= 4 is 39.7 Å². The Kier molecular flexibility index (Phi) is 7.80. The van der Waals surface area contributed by atoms with Gasteiger partial charge < -0.3 is 24.3 Å². The number of rotatable bonds is 8. The fourth-order valence-corrected chi connectivity index (χ4v) is 6.11. The summed E-state index contributed by atoms with van der Waals surface area (Å²) in [5, 5.41) is 13.1. The van der Waals surface area contributed by atoms with E-state index in [-0.39, 0.29) is 11.5 Å². The Hall–Kier alpha value is -3.49. The van der Waals surface area contributed by atoms with Crippen molar-refractivity contribution in [1.29, 1.82) is 0 Å². The summed E-state index contributed by atoms with van der Waals surface area (Å²) in [7, 11) is 0. The van der Waals surface area contributed by atoms with Crippen molar-refractivity contribution in [2.75, 3.05) is 11.5 Å². The van der Waals surface area contributed by atoms with Crippen molar-refractivity contribution in [2.45, 2.75) is 44.4 Å². The van der Waals surface area contributed by atoms with E-state index in [2.05, 4.69) is 22.0 Å². The topological polar surface area (TPSA) is 104 Å². The monoisotopic (exact) mass is 520 g/mol. The van der Waals surface area contributed by atoms with Crippen molar-refractivity contribution < 1.29 is 24.0 Å². The van der Waals surface area contributed by atoms with Crippen LogP contribution in [-0.2, 0) is 26.2 Å². The number of amides is 1. The number of carboxylic acids is 1. The Morgan fingerprint density at radius 3 is 2.49 bits per heavy atom. The van der Waals surface area contributed by atoms with Gasteiger partial charge in [0.25, 0.3) is 0 Å². The molecule has 1 aliphatic carbocycles. The van der Waals surface area contributed by atoms with Crippen LogP contribution < -0.4 is 5.32 Å². The number of allylic oxidation sites excluding steroid dienone is 4. The van der Waals surface area contributed by atoms with Gasteiger partial charge in [0, 0.05) is 11.7 Å². The highest BCUT2D eigenvalue weighted by Gasteiger charge is 2.38. The van der Waals surface area contributed by atoms with Gasteiger partial charge >= 0.3 is 12.1 Å². The number of nitrogens with zero attached hydrogens (tertiary/aromatic N) is 1. The highest BCUT2D eigenvalue weighted by atomic mass is 32.2. The molecule has 1 heterocycles. The van der Waals surface area contributed by atoms with Crippen LogP contribution in [0.25, 0.3) is 16.5 Å². The first kappa shape index (κ1) is 26.6. The second-order valence-corrected chi connectivity index (χ2v) is 11.7. The minimum atomic E-state index is -1.58. The molecular formula is C29H32N2O5S. The Bertz CT molecular complexity index is 1320. The first-order valence-electron chi connectivity index (χ1n) is 12.1. The maximum Gasteiger partial charge on any atom is 0.408 e. The van der Waals surface area contributed by atoms with Crippen molar-refractivity contribution in [1.82, 2.24) is 9.88 Å². The second-order valence-electron chi connectivity index (χ2n) is 10.2. The maximum absolute atomic E-state index is 13.5. The van der Waals surface area contributed by atoms with E-state index in [0.717, 1.165) is 22.0 Å². The number of nitrogens with one attached hydrogen (secondary N) is 1. The van der Waals surface area contributed by atoms with Gasteiger partial charge in [0.05, 0.1) is 0 Å². The lowest BCUT2D eigenvalue weighted by Gasteiger charge is -2.35. The molecule has 0 radical (unpaired) electrons. The van der Waals surface area contributed by atoms with Gasteiger partial charge in [-0.1, -0.05) is 66.8 Å². The quantitative estimate of drug-likeness (QED) is 0.402. The molecule has 1 amide bonds. The van der Waals surface area contributed by atoms with Crippen molar-refractivity contribution in [2.24, 2.45) is 0 Å². The molecule has 2 unspecified atom stereocenters. The summed E-state index contributed by atoms with van der Waals surface area (Å²) in [6.07, 6.45) is 7.96. The number of benzene rings is 2. The summed E-state index contributed by atoms with van der Waals surface area (Å²) < 4.78 is 20.8. The van der Waals surface area contributed by atoms with Crippen LogP contribution in [0.5, 0.6) is 0 Å². The van der Waals surface area contributed by atoms with Gasteiger partial charge in [0.2, 0.25) is 0 Å². The smallest absolute Gasteiger partial charge is 0.408 e. The number of carbonyl (C=O) groups is 2. The lowest BCUT2D eigenvalue weighted by Crippen LogP contribution is -2.49. The van der Waals surface area contributed by atoms with Gasteiger partial charge in [0.1, 0.15) is 22.6 Å². The molecule has 1 aliphatic rings. The van der Waals surface area contributed by atoms with Gasteiger partial charge in [-0.15, -0.1) is 0 Å². The predicted molar refractivity (Wildman–Crippen MR) is 147 cm³/mol. The molecule has 194 valence electrons.